The Bertz CT molecular complexity index is 1640. The Morgan fingerprint density at radius 3 is 1.76 bits per heavy atom. The van der Waals surface area contributed by atoms with Crippen molar-refractivity contribution in [2.45, 2.75) is 51.2 Å². The number of hydrogen-bond donors (Lipinski definition) is 5. The lowest BCUT2D eigenvalue weighted by Crippen LogP contribution is -2.50. The summed E-state index contributed by atoms with van der Waals surface area (Å²) in [6.07, 6.45) is 7.38. The van der Waals surface area contributed by atoms with Gasteiger partial charge < -0.3 is 30.3 Å². The van der Waals surface area contributed by atoms with Gasteiger partial charge in [-0.3, -0.25) is 19.4 Å². The first kappa shape index (κ1) is 39.8. The van der Waals surface area contributed by atoms with Crippen LogP contribution in [0.25, 0.3) is 11.0 Å². The number of fused-ring (bicyclic) bond motifs is 1. The van der Waals surface area contributed by atoms with Crippen molar-refractivity contribution in [1.29, 1.82) is 0 Å². The number of benzene rings is 2. The number of piperazine rings is 1. The molecule has 1 aliphatic carbocycles. The predicted molar refractivity (Wildman–Crippen MR) is 186 cm³/mol. The average molecular weight is 706 g/mol. The zero-order chi connectivity index (χ0) is 37.2. The van der Waals surface area contributed by atoms with E-state index in [1.165, 1.54) is 12.8 Å². The number of rotatable bonds is 13. The van der Waals surface area contributed by atoms with Crippen molar-refractivity contribution in [3.63, 3.8) is 0 Å². The monoisotopic (exact) mass is 705 g/mol. The number of imidazole rings is 1. The number of nitrogens with zero attached hydrogens (tertiary/aromatic N) is 4. The molecule has 0 unspecified atom stereocenters. The number of ketones is 1. The number of carbonyl (C=O) groups excluding carboxylic acids is 2. The van der Waals surface area contributed by atoms with Gasteiger partial charge in [0.2, 0.25) is 5.91 Å². The fraction of sp³-hybridized carbons (Fsp3) is 0.361. The van der Waals surface area contributed by atoms with Gasteiger partial charge in [0.1, 0.15) is 5.82 Å². The van der Waals surface area contributed by atoms with E-state index in [1.807, 2.05) is 48.5 Å². The van der Waals surface area contributed by atoms with Gasteiger partial charge in [0.15, 0.2) is 5.78 Å². The molecule has 1 saturated carbocycles. The molecule has 15 nitrogen and oxygen atoms in total. The van der Waals surface area contributed by atoms with E-state index < -0.39 is 23.9 Å². The molecule has 1 aliphatic heterocycles. The summed E-state index contributed by atoms with van der Waals surface area (Å²) in [5.74, 6) is -3.71. The van der Waals surface area contributed by atoms with E-state index in [4.69, 9.17) is 25.4 Å². The molecule has 2 aliphatic rings. The quantitative estimate of drug-likeness (QED) is 0.128. The van der Waals surface area contributed by atoms with Gasteiger partial charge in [-0.2, -0.15) is 0 Å². The van der Waals surface area contributed by atoms with E-state index in [-0.39, 0.29) is 11.7 Å². The summed E-state index contributed by atoms with van der Waals surface area (Å²) in [5.41, 5.74) is 2.80. The summed E-state index contributed by atoms with van der Waals surface area (Å²) >= 11 is 0. The lowest BCUT2D eigenvalue weighted by atomic mass is 10.1. The van der Waals surface area contributed by atoms with E-state index in [1.54, 1.807) is 0 Å². The van der Waals surface area contributed by atoms with Crippen LogP contribution < -0.4 is 5.32 Å². The second-order valence-corrected chi connectivity index (χ2v) is 11.8. The number of Topliss-reactive ketones (excluding diaryl/α,β-unsaturated/α-hetero) is 1. The predicted octanol–water partition coefficient (Wildman–Crippen LogP) is 2.91. The van der Waals surface area contributed by atoms with Crippen molar-refractivity contribution < 1.29 is 49.2 Å². The molecular weight excluding hydrogens is 662 g/mol. The molecule has 15 heteroatoms. The molecule has 0 radical (unpaired) electrons. The highest BCUT2D eigenvalue weighted by Gasteiger charge is 2.23. The first-order chi connectivity index (χ1) is 24.4. The highest BCUT2D eigenvalue weighted by atomic mass is 16.4. The van der Waals surface area contributed by atoms with Gasteiger partial charge in [-0.25, -0.2) is 24.2 Å². The van der Waals surface area contributed by atoms with Crippen LogP contribution in [-0.2, 0) is 37.1 Å². The van der Waals surface area contributed by atoms with Crippen LogP contribution in [0.5, 0.6) is 0 Å². The molecule has 0 bridgehead atoms. The minimum absolute atomic E-state index is 0.152. The van der Waals surface area contributed by atoms with Gasteiger partial charge in [-0.1, -0.05) is 55.3 Å². The van der Waals surface area contributed by atoms with Gasteiger partial charge >= 0.3 is 23.9 Å². The van der Waals surface area contributed by atoms with Crippen LogP contribution >= 0.6 is 0 Å². The highest BCUT2D eigenvalue weighted by Crippen LogP contribution is 2.20. The molecule has 51 heavy (non-hydrogen) atoms. The molecule has 1 aromatic heterocycles. The number of para-hydroxylation sites is 2. The zero-order valence-electron chi connectivity index (χ0n) is 28.1. The third-order valence-corrected chi connectivity index (χ3v) is 8.05. The number of aliphatic carboxylic acids is 4. The van der Waals surface area contributed by atoms with Crippen molar-refractivity contribution in [2.75, 3.05) is 32.7 Å². The molecule has 2 fully saturated rings. The number of aryl methyl sites for hydroxylation is 1. The highest BCUT2D eigenvalue weighted by molar-refractivity contribution is 5.96. The summed E-state index contributed by atoms with van der Waals surface area (Å²) in [5, 5.41) is 34.4. The Hall–Kier alpha value is -5.67. The minimum atomic E-state index is -1.26. The van der Waals surface area contributed by atoms with Crippen molar-refractivity contribution in [2.24, 2.45) is 0 Å². The molecule has 2 heterocycles. The summed E-state index contributed by atoms with van der Waals surface area (Å²) in [6, 6.07) is 18.0. The Balaban J connectivity index is 0.000000366. The first-order valence-electron chi connectivity index (χ1n) is 16.5. The Morgan fingerprint density at radius 2 is 1.22 bits per heavy atom. The van der Waals surface area contributed by atoms with Crippen molar-refractivity contribution in [3.8, 4) is 0 Å². The van der Waals surface area contributed by atoms with E-state index >= 15 is 0 Å². The SMILES string of the molecule is O=C(CN1CCN(Cc2nc3ccccc3n2CCC(=O)c2ccccc2)CC1)NC1CCCC1.O=C(O)/C=C/C(=O)O.O=C(O)/C=C/C(=O)O. The smallest absolute Gasteiger partial charge is 0.328 e. The van der Waals surface area contributed by atoms with Crippen molar-refractivity contribution in [3.05, 3.63) is 90.3 Å². The lowest BCUT2D eigenvalue weighted by molar-refractivity contribution is -0.134. The van der Waals surface area contributed by atoms with Crippen LogP contribution in [0.1, 0.15) is 48.3 Å². The second-order valence-electron chi connectivity index (χ2n) is 11.8. The van der Waals surface area contributed by atoms with Gasteiger partial charge in [0, 0.05) is 75.1 Å². The molecule has 3 aromatic rings. The summed E-state index contributed by atoms with van der Waals surface area (Å²) in [6.45, 7) is 5.42. The number of amides is 1. The van der Waals surface area contributed by atoms with Crippen molar-refractivity contribution >= 4 is 46.6 Å². The molecule has 5 N–H and O–H groups in total. The number of carboxylic acids is 4. The molecule has 2 aromatic carbocycles. The second kappa shape index (κ2) is 20.8. The van der Waals surface area contributed by atoms with Gasteiger partial charge in [0.25, 0.3) is 0 Å². The largest absolute Gasteiger partial charge is 0.478 e. The van der Waals surface area contributed by atoms with E-state index in [2.05, 4.69) is 25.8 Å². The molecule has 0 spiro atoms. The Labute approximate surface area is 294 Å². The lowest BCUT2D eigenvalue weighted by Gasteiger charge is -2.34. The average Bonchev–Trinajstić information content (AvgIpc) is 3.74. The third kappa shape index (κ3) is 14.8. The van der Waals surface area contributed by atoms with Crippen LogP contribution in [-0.4, -0.2) is 114 Å². The maximum Gasteiger partial charge on any atom is 0.328 e. The minimum Gasteiger partial charge on any atom is -0.478 e. The number of hydrogen-bond acceptors (Lipinski definition) is 9. The molecule has 272 valence electrons. The summed E-state index contributed by atoms with van der Waals surface area (Å²) in [4.78, 5) is 72.9. The summed E-state index contributed by atoms with van der Waals surface area (Å²) in [7, 11) is 0. The summed E-state index contributed by atoms with van der Waals surface area (Å²) < 4.78 is 2.21. The van der Waals surface area contributed by atoms with Gasteiger partial charge in [-0.05, 0) is 25.0 Å². The number of nitrogens with one attached hydrogen (secondary N) is 1. The molecule has 5 rings (SSSR count). The third-order valence-electron chi connectivity index (χ3n) is 8.05. The number of aromatic nitrogens is 2. The van der Waals surface area contributed by atoms with Crippen LogP contribution in [0.3, 0.4) is 0 Å². The molecule has 0 atom stereocenters. The van der Waals surface area contributed by atoms with E-state index in [0.717, 1.165) is 68.0 Å². The fourth-order valence-corrected chi connectivity index (χ4v) is 5.61. The van der Waals surface area contributed by atoms with Gasteiger partial charge in [-0.15, -0.1) is 0 Å². The standard InChI is InChI=1S/C28H35N5O2.2C4H4O4/c34-26(22-8-2-1-3-9-22)14-15-33-25-13-7-6-12-24(25)30-27(33)20-31-16-18-32(19-17-31)21-28(35)29-23-10-4-5-11-23;2*5-3(6)1-2-4(7)8/h1-3,6-9,12-13,23H,4-5,10-11,14-21H2,(H,29,35);2*1-2H,(H,5,6)(H,7,8)/b;2*2-1+. The van der Waals surface area contributed by atoms with Crippen LogP contribution in [0, 0.1) is 0 Å². The Morgan fingerprint density at radius 1 is 0.706 bits per heavy atom. The van der Waals surface area contributed by atoms with Crippen LogP contribution in [0.2, 0.25) is 0 Å². The molecule has 1 saturated heterocycles. The van der Waals surface area contributed by atoms with E-state index in [0.29, 0.717) is 49.9 Å². The van der Waals surface area contributed by atoms with E-state index in [9.17, 15) is 28.8 Å². The van der Waals surface area contributed by atoms with Gasteiger partial charge in [0.05, 0.1) is 24.1 Å². The Kier molecular flexibility index (Phi) is 16.2. The van der Waals surface area contributed by atoms with Crippen LogP contribution in [0.15, 0.2) is 78.9 Å². The van der Waals surface area contributed by atoms with Crippen LogP contribution in [0.4, 0.5) is 0 Å². The zero-order valence-corrected chi connectivity index (χ0v) is 28.1. The fourth-order valence-electron chi connectivity index (χ4n) is 5.61. The topological polar surface area (TPSA) is 220 Å². The number of carboxylic acid groups (broad SMARTS) is 4. The maximum absolute atomic E-state index is 12.7. The maximum atomic E-state index is 12.7. The first-order valence-corrected chi connectivity index (χ1v) is 16.5. The number of carbonyl (C=O) groups is 6. The molecule has 1 amide bonds. The molecular formula is C36H43N5O10. The normalized spacial score (nSPS) is 15.1. The van der Waals surface area contributed by atoms with Crippen molar-refractivity contribution in [1.82, 2.24) is 24.7 Å².